The number of amides is 1. The molecule has 0 atom stereocenters. The highest BCUT2D eigenvalue weighted by molar-refractivity contribution is 7.89. The molecule has 104 valence electrons. The molecule has 8 heteroatoms. The average molecular weight is 287 g/mol. The van der Waals surface area contributed by atoms with Crippen molar-refractivity contribution in [1.29, 1.82) is 0 Å². The molecule has 0 aliphatic carbocycles. The van der Waals surface area contributed by atoms with Gasteiger partial charge in [0, 0.05) is 13.1 Å². The van der Waals surface area contributed by atoms with E-state index in [1.165, 1.54) is 12.1 Å². The van der Waals surface area contributed by atoms with Crippen LogP contribution in [0.1, 0.15) is 6.42 Å². The topological polar surface area (TPSA) is 92.5 Å². The number of halogens is 1. The van der Waals surface area contributed by atoms with Crippen LogP contribution in [0, 0.1) is 5.82 Å². The molecule has 1 aromatic rings. The first-order chi connectivity index (χ1) is 8.91. The average Bonchev–Trinajstić information content (AvgIpc) is 2.57. The lowest BCUT2D eigenvalue weighted by Gasteiger charge is -2.18. The molecule has 0 saturated carbocycles. The summed E-state index contributed by atoms with van der Waals surface area (Å²) in [5.41, 5.74) is 5.19. The third-order valence-electron chi connectivity index (χ3n) is 2.84. The molecular weight excluding hydrogens is 273 g/mol. The molecule has 1 heterocycles. The van der Waals surface area contributed by atoms with Crippen molar-refractivity contribution in [1.82, 2.24) is 9.62 Å². The highest BCUT2D eigenvalue weighted by atomic mass is 32.2. The lowest BCUT2D eigenvalue weighted by molar-refractivity contribution is -0.120. The Balaban J connectivity index is 2.35. The van der Waals surface area contributed by atoms with Crippen LogP contribution in [0.2, 0.25) is 0 Å². The number of anilines is 1. The van der Waals surface area contributed by atoms with Crippen LogP contribution in [0.4, 0.5) is 10.1 Å². The van der Waals surface area contributed by atoms with E-state index in [0.717, 1.165) is 10.4 Å². The third-order valence-corrected chi connectivity index (χ3v) is 4.68. The fourth-order valence-electron chi connectivity index (χ4n) is 1.80. The van der Waals surface area contributed by atoms with Crippen molar-refractivity contribution in [2.24, 2.45) is 0 Å². The number of carbonyl (C=O) groups is 1. The number of nitrogen functional groups attached to an aromatic ring is 1. The van der Waals surface area contributed by atoms with E-state index in [4.69, 9.17) is 5.73 Å². The van der Waals surface area contributed by atoms with Crippen LogP contribution in [0.5, 0.6) is 0 Å². The lowest BCUT2D eigenvalue weighted by Crippen LogP contribution is -2.37. The number of hydrogen-bond donors (Lipinski definition) is 2. The van der Waals surface area contributed by atoms with Gasteiger partial charge in [0.2, 0.25) is 15.9 Å². The zero-order valence-electron chi connectivity index (χ0n) is 10.1. The molecule has 1 aromatic carbocycles. The summed E-state index contributed by atoms with van der Waals surface area (Å²) >= 11 is 0. The maximum absolute atomic E-state index is 13.3. The quantitative estimate of drug-likeness (QED) is 0.744. The number of hydrogen-bond acceptors (Lipinski definition) is 4. The fraction of sp³-hybridized carbons (Fsp3) is 0.364. The van der Waals surface area contributed by atoms with E-state index in [1.807, 2.05) is 0 Å². The standard InChI is InChI=1S/C11H14FN3O3S/c12-9-6-8(2-3-10(9)13)19(17,18)15-5-1-4-14-11(16)7-15/h2-3,6H,1,4-5,7,13H2,(H,14,16). The molecular formula is C11H14FN3O3S. The molecule has 1 fully saturated rings. The van der Waals surface area contributed by atoms with Crippen molar-refractivity contribution in [3.63, 3.8) is 0 Å². The number of rotatable bonds is 2. The van der Waals surface area contributed by atoms with Crippen LogP contribution in [0.15, 0.2) is 23.1 Å². The van der Waals surface area contributed by atoms with E-state index in [0.29, 0.717) is 13.0 Å². The zero-order chi connectivity index (χ0) is 14.0. The number of sulfonamides is 1. The Morgan fingerprint density at radius 2 is 2.11 bits per heavy atom. The van der Waals surface area contributed by atoms with Gasteiger partial charge in [-0.15, -0.1) is 0 Å². The molecule has 0 unspecified atom stereocenters. The minimum atomic E-state index is -3.88. The van der Waals surface area contributed by atoms with Gasteiger partial charge in [0.05, 0.1) is 17.1 Å². The van der Waals surface area contributed by atoms with Crippen molar-refractivity contribution in [2.45, 2.75) is 11.3 Å². The van der Waals surface area contributed by atoms with Gasteiger partial charge >= 0.3 is 0 Å². The van der Waals surface area contributed by atoms with Gasteiger partial charge in [-0.3, -0.25) is 4.79 Å². The van der Waals surface area contributed by atoms with Gasteiger partial charge in [0.1, 0.15) is 5.82 Å². The largest absolute Gasteiger partial charge is 0.396 e. The van der Waals surface area contributed by atoms with E-state index in [1.54, 1.807) is 0 Å². The van der Waals surface area contributed by atoms with E-state index in [2.05, 4.69) is 5.32 Å². The summed E-state index contributed by atoms with van der Waals surface area (Å²) < 4.78 is 39.0. The van der Waals surface area contributed by atoms with Gasteiger partial charge in [-0.25, -0.2) is 12.8 Å². The first-order valence-electron chi connectivity index (χ1n) is 5.73. The second kappa shape index (κ2) is 5.14. The summed E-state index contributed by atoms with van der Waals surface area (Å²) in [5, 5.41) is 2.58. The molecule has 3 N–H and O–H groups in total. The minimum absolute atomic E-state index is 0.118. The van der Waals surface area contributed by atoms with E-state index in [-0.39, 0.29) is 29.6 Å². The van der Waals surface area contributed by atoms with Gasteiger partial charge in [-0.05, 0) is 24.6 Å². The Hall–Kier alpha value is -1.67. The number of nitrogens with two attached hydrogens (primary N) is 1. The molecule has 1 amide bonds. The zero-order valence-corrected chi connectivity index (χ0v) is 10.9. The number of nitrogens with one attached hydrogen (secondary N) is 1. The number of nitrogens with zero attached hydrogens (tertiary/aromatic N) is 1. The highest BCUT2D eigenvalue weighted by Crippen LogP contribution is 2.20. The summed E-state index contributed by atoms with van der Waals surface area (Å²) in [5.74, 6) is -1.16. The smallest absolute Gasteiger partial charge is 0.243 e. The SMILES string of the molecule is Nc1ccc(S(=O)(=O)N2CCCNC(=O)C2)cc1F. The molecule has 0 spiro atoms. The predicted octanol–water partition coefficient (Wildman–Crippen LogP) is -0.0815. The maximum atomic E-state index is 13.3. The normalized spacial score (nSPS) is 17.8. The second-order valence-corrected chi connectivity index (χ2v) is 6.16. The Bertz CT molecular complexity index is 603. The Labute approximate surface area is 110 Å². The Kier molecular flexibility index (Phi) is 3.72. The third kappa shape index (κ3) is 2.85. The molecule has 1 saturated heterocycles. The van der Waals surface area contributed by atoms with Crippen LogP contribution in [-0.2, 0) is 14.8 Å². The molecule has 0 radical (unpaired) electrons. The summed E-state index contributed by atoms with van der Waals surface area (Å²) in [6.45, 7) is 0.391. The monoisotopic (exact) mass is 287 g/mol. The van der Waals surface area contributed by atoms with Gasteiger partial charge in [-0.2, -0.15) is 4.31 Å². The lowest BCUT2D eigenvalue weighted by atomic mass is 10.3. The first-order valence-corrected chi connectivity index (χ1v) is 7.17. The molecule has 1 aliphatic rings. The van der Waals surface area contributed by atoms with Crippen molar-refractivity contribution in [3.8, 4) is 0 Å². The first kappa shape index (κ1) is 13.8. The van der Waals surface area contributed by atoms with Gasteiger partial charge in [0.25, 0.3) is 0 Å². The van der Waals surface area contributed by atoms with Crippen LogP contribution in [-0.4, -0.2) is 38.3 Å². The van der Waals surface area contributed by atoms with Crippen molar-refractivity contribution in [3.05, 3.63) is 24.0 Å². The van der Waals surface area contributed by atoms with Crippen molar-refractivity contribution in [2.75, 3.05) is 25.4 Å². The van der Waals surface area contributed by atoms with Gasteiger partial charge in [0.15, 0.2) is 0 Å². The summed E-state index contributed by atoms with van der Waals surface area (Å²) in [6, 6.07) is 3.30. The molecule has 1 aliphatic heterocycles. The predicted molar refractivity (Wildman–Crippen MR) is 67.2 cm³/mol. The molecule has 19 heavy (non-hydrogen) atoms. The van der Waals surface area contributed by atoms with E-state index in [9.17, 15) is 17.6 Å². The maximum Gasteiger partial charge on any atom is 0.243 e. The van der Waals surface area contributed by atoms with E-state index < -0.39 is 15.8 Å². The number of carbonyl (C=O) groups excluding carboxylic acids is 1. The van der Waals surface area contributed by atoms with Gasteiger partial charge < -0.3 is 11.1 Å². The van der Waals surface area contributed by atoms with E-state index >= 15 is 0 Å². The molecule has 0 aromatic heterocycles. The molecule has 0 bridgehead atoms. The molecule has 2 rings (SSSR count). The number of benzene rings is 1. The minimum Gasteiger partial charge on any atom is -0.396 e. The van der Waals surface area contributed by atoms with Crippen LogP contribution >= 0.6 is 0 Å². The highest BCUT2D eigenvalue weighted by Gasteiger charge is 2.28. The fourth-order valence-corrected chi connectivity index (χ4v) is 3.25. The second-order valence-electron chi connectivity index (χ2n) is 4.23. The Morgan fingerprint density at radius 3 is 2.79 bits per heavy atom. The van der Waals surface area contributed by atoms with Crippen molar-refractivity contribution >= 4 is 21.6 Å². The summed E-state index contributed by atoms with van der Waals surface area (Å²) in [4.78, 5) is 11.2. The van der Waals surface area contributed by atoms with Crippen LogP contribution in [0.25, 0.3) is 0 Å². The van der Waals surface area contributed by atoms with Crippen molar-refractivity contribution < 1.29 is 17.6 Å². The summed E-state index contributed by atoms with van der Waals surface area (Å²) in [6.07, 6.45) is 0.516. The van der Waals surface area contributed by atoms with Crippen LogP contribution < -0.4 is 11.1 Å². The van der Waals surface area contributed by atoms with Crippen LogP contribution in [0.3, 0.4) is 0 Å². The Morgan fingerprint density at radius 1 is 1.37 bits per heavy atom. The summed E-state index contributed by atoms with van der Waals surface area (Å²) in [7, 11) is -3.88. The van der Waals surface area contributed by atoms with Gasteiger partial charge in [-0.1, -0.05) is 0 Å². The molecule has 6 nitrogen and oxygen atoms in total.